The second kappa shape index (κ2) is 7.67. The zero-order chi connectivity index (χ0) is 14.3. The fourth-order valence-corrected chi connectivity index (χ4v) is 2.02. The molecule has 106 valence electrons. The third-order valence-corrected chi connectivity index (χ3v) is 2.83. The molecule has 0 spiro atoms. The van der Waals surface area contributed by atoms with Crippen LogP contribution in [0.5, 0.6) is 0 Å². The molecule has 0 radical (unpaired) electrons. The molecule has 0 aromatic carbocycles. The van der Waals surface area contributed by atoms with Crippen molar-refractivity contribution < 1.29 is 14.3 Å². The number of nitrogens with one attached hydrogen (secondary N) is 1. The van der Waals surface area contributed by atoms with Crippen LogP contribution in [0.1, 0.15) is 48.0 Å². The molecule has 0 saturated carbocycles. The van der Waals surface area contributed by atoms with Crippen LogP contribution in [0, 0.1) is 5.92 Å². The summed E-state index contributed by atoms with van der Waals surface area (Å²) in [6.07, 6.45) is 0.101. The number of ether oxygens (including phenoxy) is 1. The van der Waals surface area contributed by atoms with Crippen molar-refractivity contribution in [3.05, 3.63) is 0 Å². The van der Waals surface area contributed by atoms with E-state index in [1.807, 2.05) is 20.8 Å². The minimum atomic E-state index is -0.548. The molecule has 5 heteroatoms. The highest BCUT2D eigenvalue weighted by atomic mass is 32.2. The predicted octanol–water partition coefficient (Wildman–Crippen LogP) is 3.21. The molecule has 0 fully saturated rings. The average molecular weight is 275 g/mol. The molecule has 0 heterocycles. The van der Waals surface area contributed by atoms with Crippen LogP contribution >= 0.6 is 11.8 Å². The van der Waals surface area contributed by atoms with Crippen LogP contribution in [0.4, 0.5) is 4.79 Å². The van der Waals surface area contributed by atoms with E-state index in [0.717, 1.165) is 0 Å². The van der Waals surface area contributed by atoms with Crippen LogP contribution in [-0.2, 0) is 9.53 Å². The van der Waals surface area contributed by atoms with Crippen LogP contribution in [-0.4, -0.2) is 28.6 Å². The van der Waals surface area contributed by atoms with Gasteiger partial charge in [0.2, 0.25) is 5.12 Å². The first-order chi connectivity index (χ1) is 8.15. The fourth-order valence-electron chi connectivity index (χ4n) is 1.38. The van der Waals surface area contributed by atoms with Crippen LogP contribution in [0.2, 0.25) is 0 Å². The van der Waals surface area contributed by atoms with E-state index in [1.54, 1.807) is 20.8 Å². The van der Waals surface area contributed by atoms with Gasteiger partial charge >= 0.3 is 6.09 Å². The number of thioether (sulfide) groups is 1. The monoisotopic (exact) mass is 275 g/mol. The molecule has 1 N–H and O–H groups in total. The van der Waals surface area contributed by atoms with Gasteiger partial charge in [-0.25, -0.2) is 4.79 Å². The summed E-state index contributed by atoms with van der Waals surface area (Å²) in [4.78, 5) is 23.5. The van der Waals surface area contributed by atoms with Gasteiger partial charge in [0.1, 0.15) is 11.6 Å². The van der Waals surface area contributed by atoms with Crippen molar-refractivity contribution in [2.45, 2.75) is 59.6 Å². The Morgan fingerprint density at radius 1 is 1.28 bits per heavy atom. The zero-order valence-corrected chi connectivity index (χ0v) is 13.0. The van der Waals surface area contributed by atoms with Crippen molar-refractivity contribution in [1.82, 2.24) is 5.32 Å². The number of alkyl carbamates (subject to hydrolysis) is 1. The molecule has 0 aliphatic rings. The number of hydrogen-bond donors (Lipinski definition) is 1. The van der Waals surface area contributed by atoms with Gasteiger partial charge in [-0.15, -0.1) is 0 Å². The molecule has 1 atom stereocenters. The maximum absolute atomic E-state index is 11.9. The first kappa shape index (κ1) is 17.3. The molecule has 0 saturated heterocycles. The summed E-state index contributed by atoms with van der Waals surface area (Å²) in [6.45, 7) is 11.4. The lowest BCUT2D eigenvalue weighted by atomic mass is 10.1. The quantitative estimate of drug-likeness (QED) is 0.837. The Bertz CT molecular complexity index is 284. The van der Waals surface area contributed by atoms with E-state index in [0.29, 0.717) is 18.1 Å². The summed E-state index contributed by atoms with van der Waals surface area (Å²) < 4.78 is 5.17. The van der Waals surface area contributed by atoms with Crippen LogP contribution in [0.3, 0.4) is 0 Å². The lowest BCUT2D eigenvalue weighted by Gasteiger charge is -2.23. The smallest absolute Gasteiger partial charge is 0.408 e. The van der Waals surface area contributed by atoms with Gasteiger partial charge in [-0.05, 0) is 38.9 Å². The number of hydrogen-bond acceptors (Lipinski definition) is 4. The summed E-state index contributed by atoms with van der Waals surface area (Å²) in [5, 5.41) is 2.66. The number of carbonyl (C=O) groups excluding carboxylic acids is 2. The largest absolute Gasteiger partial charge is 0.444 e. The van der Waals surface area contributed by atoms with Crippen molar-refractivity contribution >= 4 is 23.0 Å². The maximum atomic E-state index is 11.9. The molecule has 0 aliphatic heterocycles. The minimum Gasteiger partial charge on any atom is -0.444 e. The first-order valence-electron chi connectivity index (χ1n) is 6.31. The Labute approximate surface area is 114 Å². The van der Waals surface area contributed by atoms with Gasteiger partial charge in [0.15, 0.2) is 0 Å². The predicted molar refractivity (Wildman–Crippen MR) is 75.8 cm³/mol. The van der Waals surface area contributed by atoms with Gasteiger partial charge in [0, 0.05) is 0 Å². The SMILES string of the molecule is CCSC(=O)[C@H](CC(C)C)NC(=O)OC(C)(C)C. The van der Waals surface area contributed by atoms with Crippen molar-refractivity contribution in [2.75, 3.05) is 5.75 Å². The summed E-state index contributed by atoms with van der Waals surface area (Å²) >= 11 is 1.23. The number of carbonyl (C=O) groups is 2. The third kappa shape index (κ3) is 8.39. The zero-order valence-electron chi connectivity index (χ0n) is 12.2. The van der Waals surface area contributed by atoms with E-state index in [2.05, 4.69) is 5.32 Å². The van der Waals surface area contributed by atoms with Gasteiger partial charge in [-0.2, -0.15) is 0 Å². The second-order valence-corrected chi connectivity index (χ2v) is 6.85. The molecule has 0 aromatic heterocycles. The van der Waals surface area contributed by atoms with Gasteiger partial charge in [-0.1, -0.05) is 32.5 Å². The van der Waals surface area contributed by atoms with E-state index >= 15 is 0 Å². The Kier molecular flexibility index (Phi) is 7.36. The van der Waals surface area contributed by atoms with E-state index < -0.39 is 17.7 Å². The molecule has 0 unspecified atom stereocenters. The molecule has 0 aliphatic carbocycles. The summed E-state index contributed by atoms with van der Waals surface area (Å²) in [6, 6.07) is -0.468. The van der Waals surface area contributed by atoms with Crippen molar-refractivity contribution in [3.63, 3.8) is 0 Å². The minimum absolute atomic E-state index is 0.00272. The average Bonchev–Trinajstić information content (AvgIpc) is 2.13. The van der Waals surface area contributed by atoms with Crippen LogP contribution in [0.25, 0.3) is 0 Å². The Morgan fingerprint density at radius 3 is 2.22 bits per heavy atom. The van der Waals surface area contributed by atoms with Gasteiger partial charge in [0.25, 0.3) is 0 Å². The molecule has 0 aromatic rings. The molecule has 4 nitrogen and oxygen atoms in total. The molecular weight excluding hydrogens is 250 g/mol. The molecule has 0 bridgehead atoms. The number of rotatable bonds is 5. The third-order valence-electron chi connectivity index (χ3n) is 1.97. The summed E-state index contributed by atoms with van der Waals surface area (Å²) in [7, 11) is 0. The fraction of sp³-hybridized carbons (Fsp3) is 0.846. The van der Waals surface area contributed by atoms with E-state index in [4.69, 9.17) is 4.74 Å². The maximum Gasteiger partial charge on any atom is 0.408 e. The van der Waals surface area contributed by atoms with Gasteiger partial charge in [0.05, 0.1) is 0 Å². The van der Waals surface area contributed by atoms with Crippen LogP contribution in [0.15, 0.2) is 0 Å². The Morgan fingerprint density at radius 2 is 1.83 bits per heavy atom. The van der Waals surface area contributed by atoms with Crippen molar-refractivity contribution in [3.8, 4) is 0 Å². The van der Waals surface area contributed by atoms with Crippen molar-refractivity contribution in [2.24, 2.45) is 5.92 Å². The van der Waals surface area contributed by atoms with E-state index in [1.165, 1.54) is 11.8 Å². The molecule has 1 amide bonds. The van der Waals surface area contributed by atoms with Crippen molar-refractivity contribution in [1.29, 1.82) is 0 Å². The van der Waals surface area contributed by atoms with E-state index in [-0.39, 0.29) is 5.12 Å². The topological polar surface area (TPSA) is 55.4 Å². The second-order valence-electron chi connectivity index (χ2n) is 5.58. The summed E-state index contributed by atoms with van der Waals surface area (Å²) in [5.74, 6) is 1.05. The lowest BCUT2D eigenvalue weighted by Crippen LogP contribution is -2.43. The molecule has 0 rings (SSSR count). The van der Waals surface area contributed by atoms with Gasteiger partial charge in [-0.3, -0.25) is 4.79 Å². The molecular formula is C13H25NO3S. The van der Waals surface area contributed by atoms with E-state index in [9.17, 15) is 9.59 Å². The Hall–Kier alpha value is -0.710. The first-order valence-corrected chi connectivity index (χ1v) is 7.30. The highest BCUT2D eigenvalue weighted by Crippen LogP contribution is 2.14. The van der Waals surface area contributed by atoms with Gasteiger partial charge < -0.3 is 10.1 Å². The van der Waals surface area contributed by atoms with Crippen LogP contribution < -0.4 is 5.32 Å². The number of amides is 1. The summed E-state index contributed by atoms with van der Waals surface area (Å²) in [5.41, 5.74) is -0.548. The molecule has 18 heavy (non-hydrogen) atoms. The normalized spacial score (nSPS) is 13.3. The Balaban J connectivity index is 4.49. The highest BCUT2D eigenvalue weighted by molar-refractivity contribution is 8.13. The lowest BCUT2D eigenvalue weighted by molar-refractivity contribution is -0.113. The standard InChI is InChI=1S/C13H25NO3S/c1-7-18-11(15)10(8-9(2)3)14-12(16)17-13(4,5)6/h9-10H,7-8H2,1-6H3,(H,14,16)/t10-/m0/s1. The highest BCUT2D eigenvalue weighted by Gasteiger charge is 2.24.